The fraction of sp³-hybridized carbons (Fsp3) is 0.429. The molecule has 1 aliphatic carbocycles. The Morgan fingerprint density at radius 2 is 1.81 bits per heavy atom. The Bertz CT molecular complexity index is 971. The van der Waals surface area contributed by atoms with E-state index in [-0.39, 0.29) is 11.8 Å². The number of likely N-dealkylation sites (tertiary alicyclic amines) is 1. The molecular formula is C21H22N4O2. The molecule has 2 fully saturated rings. The van der Waals surface area contributed by atoms with E-state index in [0.29, 0.717) is 36.5 Å². The third kappa shape index (κ3) is 3.09. The highest BCUT2D eigenvalue weighted by molar-refractivity contribution is 5.81. The summed E-state index contributed by atoms with van der Waals surface area (Å²) in [5.41, 5.74) is 1.59. The van der Waals surface area contributed by atoms with Gasteiger partial charge in [0.25, 0.3) is 5.89 Å². The molecule has 1 aliphatic heterocycles. The molecule has 0 radical (unpaired) electrons. The van der Waals surface area contributed by atoms with Crippen LogP contribution in [0.5, 0.6) is 0 Å². The Morgan fingerprint density at radius 3 is 2.67 bits per heavy atom. The van der Waals surface area contributed by atoms with Crippen LogP contribution < -0.4 is 0 Å². The number of nitrogens with zero attached hydrogens (tertiary/aromatic N) is 4. The quantitative estimate of drug-likeness (QED) is 0.709. The number of amides is 1. The molecule has 0 atom stereocenters. The molecule has 3 aromatic rings. The fourth-order valence-corrected chi connectivity index (χ4v) is 4.11. The van der Waals surface area contributed by atoms with Crippen molar-refractivity contribution < 1.29 is 9.21 Å². The van der Waals surface area contributed by atoms with E-state index >= 15 is 0 Å². The van der Waals surface area contributed by atoms with E-state index in [1.54, 1.807) is 0 Å². The third-order valence-corrected chi connectivity index (χ3v) is 5.76. The fourth-order valence-electron chi connectivity index (χ4n) is 4.11. The summed E-state index contributed by atoms with van der Waals surface area (Å²) in [5, 5.41) is 9.46. The summed E-state index contributed by atoms with van der Waals surface area (Å²) >= 11 is 0. The monoisotopic (exact) mass is 362 g/mol. The molecule has 0 N–H and O–H groups in total. The predicted molar refractivity (Wildman–Crippen MR) is 101 cm³/mol. The number of aromatic nitrogens is 3. The lowest BCUT2D eigenvalue weighted by molar-refractivity contribution is -0.141. The third-order valence-electron chi connectivity index (χ3n) is 5.76. The van der Waals surface area contributed by atoms with E-state index < -0.39 is 0 Å². The van der Waals surface area contributed by atoms with E-state index in [4.69, 9.17) is 4.42 Å². The van der Waals surface area contributed by atoms with Crippen LogP contribution in [0.15, 0.2) is 40.8 Å². The van der Waals surface area contributed by atoms with Crippen molar-refractivity contribution in [1.29, 1.82) is 0 Å². The SMILES string of the molecule is O=C(C1CCCCC1)N1CC(c2nnc(-c3ccc4ccccc4n3)o2)C1. The van der Waals surface area contributed by atoms with Crippen LogP contribution in [0.1, 0.15) is 43.9 Å². The van der Waals surface area contributed by atoms with Gasteiger partial charge in [-0.3, -0.25) is 4.79 Å². The maximum Gasteiger partial charge on any atom is 0.266 e. The van der Waals surface area contributed by atoms with Gasteiger partial charge in [-0.1, -0.05) is 43.5 Å². The lowest BCUT2D eigenvalue weighted by atomic mass is 9.86. The van der Waals surface area contributed by atoms with Gasteiger partial charge in [0.15, 0.2) is 0 Å². The van der Waals surface area contributed by atoms with Crippen molar-refractivity contribution in [2.75, 3.05) is 13.1 Å². The number of para-hydroxylation sites is 1. The van der Waals surface area contributed by atoms with E-state index in [2.05, 4.69) is 15.2 Å². The van der Waals surface area contributed by atoms with Gasteiger partial charge >= 0.3 is 0 Å². The first-order valence-electron chi connectivity index (χ1n) is 9.76. The van der Waals surface area contributed by atoms with E-state index in [1.807, 2.05) is 41.3 Å². The Morgan fingerprint density at radius 1 is 1.00 bits per heavy atom. The van der Waals surface area contributed by atoms with Crippen molar-refractivity contribution in [3.63, 3.8) is 0 Å². The molecule has 1 saturated heterocycles. The molecule has 6 heteroatoms. The highest BCUT2D eigenvalue weighted by Gasteiger charge is 2.38. The molecule has 2 aliphatic rings. The topological polar surface area (TPSA) is 72.1 Å². The maximum atomic E-state index is 12.6. The number of hydrogen-bond acceptors (Lipinski definition) is 5. The van der Waals surface area contributed by atoms with Gasteiger partial charge in [-0.15, -0.1) is 10.2 Å². The first kappa shape index (κ1) is 16.4. The van der Waals surface area contributed by atoms with Crippen molar-refractivity contribution in [2.24, 2.45) is 5.92 Å². The number of carbonyl (C=O) groups excluding carboxylic acids is 1. The largest absolute Gasteiger partial charge is 0.419 e. The van der Waals surface area contributed by atoms with Crippen LogP contribution in [-0.2, 0) is 4.79 Å². The number of carbonyl (C=O) groups is 1. The van der Waals surface area contributed by atoms with Gasteiger partial charge in [-0.2, -0.15) is 0 Å². The van der Waals surface area contributed by atoms with Crippen LogP contribution in [-0.4, -0.2) is 39.1 Å². The highest BCUT2D eigenvalue weighted by atomic mass is 16.4. The summed E-state index contributed by atoms with van der Waals surface area (Å²) in [5.74, 6) is 1.71. The molecule has 0 spiro atoms. The van der Waals surface area contributed by atoms with Gasteiger partial charge < -0.3 is 9.32 Å². The summed E-state index contributed by atoms with van der Waals surface area (Å²) < 4.78 is 5.87. The zero-order valence-electron chi connectivity index (χ0n) is 15.2. The van der Waals surface area contributed by atoms with Crippen molar-refractivity contribution in [2.45, 2.75) is 38.0 Å². The Hall–Kier alpha value is -2.76. The second kappa shape index (κ2) is 6.76. The zero-order valence-corrected chi connectivity index (χ0v) is 15.2. The molecule has 1 aromatic carbocycles. The molecule has 27 heavy (non-hydrogen) atoms. The highest BCUT2D eigenvalue weighted by Crippen LogP contribution is 2.32. The zero-order chi connectivity index (χ0) is 18.2. The van der Waals surface area contributed by atoms with Crippen LogP contribution in [0.4, 0.5) is 0 Å². The van der Waals surface area contributed by atoms with Crippen LogP contribution in [0.25, 0.3) is 22.5 Å². The molecule has 3 heterocycles. The number of fused-ring (bicyclic) bond motifs is 1. The normalized spacial score (nSPS) is 18.6. The Balaban J connectivity index is 1.26. The standard InChI is InChI=1S/C21H22N4O2/c26-21(15-7-2-1-3-8-15)25-12-16(13-25)19-23-24-20(27-19)18-11-10-14-6-4-5-9-17(14)22-18/h4-6,9-11,15-16H,1-3,7-8,12-13H2. The molecule has 1 amide bonds. The smallest absolute Gasteiger partial charge is 0.266 e. The minimum Gasteiger partial charge on any atom is -0.419 e. The van der Waals surface area contributed by atoms with Gasteiger partial charge in [0.2, 0.25) is 11.8 Å². The average Bonchev–Trinajstić information content (AvgIpc) is 3.17. The minimum absolute atomic E-state index is 0.138. The minimum atomic E-state index is 0.138. The first-order valence-corrected chi connectivity index (χ1v) is 9.76. The lowest BCUT2D eigenvalue weighted by Gasteiger charge is -2.40. The van der Waals surface area contributed by atoms with Crippen LogP contribution in [0.3, 0.4) is 0 Å². The van der Waals surface area contributed by atoms with Crippen LogP contribution >= 0.6 is 0 Å². The van der Waals surface area contributed by atoms with Crippen LogP contribution in [0.2, 0.25) is 0 Å². The first-order chi connectivity index (χ1) is 13.3. The number of benzene rings is 1. The maximum absolute atomic E-state index is 12.6. The molecule has 2 aromatic heterocycles. The van der Waals surface area contributed by atoms with Gasteiger partial charge in [0.1, 0.15) is 5.69 Å². The molecule has 0 unspecified atom stereocenters. The molecular weight excluding hydrogens is 340 g/mol. The Labute approximate surface area is 157 Å². The number of rotatable bonds is 3. The lowest BCUT2D eigenvalue weighted by Crippen LogP contribution is -2.51. The average molecular weight is 362 g/mol. The van der Waals surface area contributed by atoms with Crippen molar-refractivity contribution in [3.8, 4) is 11.6 Å². The molecule has 6 nitrogen and oxygen atoms in total. The van der Waals surface area contributed by atoms with E-state index in [1.165, 1.54) is 19.3 Å². The molecule has 138 valence electrons. The molecule has 0 bridgehead atoms. The van der Waals surface area contributed by atoms with Crippen molar-refractivity contribution in [1.82, 2.24) is 20.1 Å². The summed E-state index contributed by atoms with van der Waals surface area (Å²) in [6, 6.07) is 11.9. The van der Waals surface area contributed by atoms with Crippen molar-refractivity contribution in [3.05, 3.63) is 42.3 Å². The number of pyridine rings is 1. The summed E-state index contributed by atoms with van der Waals surface area (Å²) in [6.45, 7) is 1.37. The molecule has 1 saturated carbocycles. The van der Waals surface area contributed by atoms with Gasteiger partial charge in [-0.25, -0.2) is 4.98 Å². The van der Waals surface area contributed by atoms with E-state index in [0.717, 1.165) is 23.7 Å². The number of hydrogen-bond donors (Lipinski definition) is 0. The second-order valence-electron chi connectivity index (χ2n) is 7.61. The van der Waals surface area contributed by atoms with Gasteiger partial charge in [0.05, 0.1) is 11.4 Å². The second-order valence-corrected chi connectivity index (χ2v) is 7.61. The van der Waals surface area contributed by atoms with Gasteiger partial charge in [-0.05, 0) is 25.0 Å². The van der Waals surface area contributed by atoms with Gasteiger partial charge in [0, 0.05) is 24.4 Å². The van der Waals surface area contributed by atoms with E-state index in [9.17, 15) is 4.79 Å². The predicted octanol–water partition coefficient (Wildman–Crippen LogP) is 3.79. The molecule has 5 rings (SSSR count). The summed E-state index contributed by atoms with van der Waals surface area (Å²) in [4.78, 5) is 19.1. The van der Waals surface area contributed by atoms with Crippen LogP contribution in [0, 0.1) is 5.92 Å². The summed E-state index contributed by atoms with van der Waals surface area (Å²) in [6.07, 6.45) is 5.70. The Kier molecular flexibility index (Phi) is 4.11. The summed E-state index contributed by atoms with van der Waals surface area (Å²) in [7, 11) is 0. The van der Waals surface area contributed by atoms with Crippen molar-refractivity contribution >= 4 is 16.8 Å².